The number of nitrogens with zero attached hydrogens (tertiary/aromatic N) is 2. The normalized spacial score (nSPS) is 21.5. The van der Waals surface area contributed by atoms with Crippen LogP contribution in [0.5, 0.6) is 5.75 Å². The molecule has 2 heterocycles. The van der Waals surface area contributed by atoms with Gasteiger partial charge in [-0.2, -0.15) is 13.5 Å². The lowest BCUT2D eigenvalue weighted by Gasteiger charge is -2.29. The third-order valence-electron chi connectivity index (χ3n) is 4.47. The first-order valence-electron chi connectivity index (χ1n) is 8.28. The van der Waals surface area contributed by atoms with Gasteiger partial charge in [-0.25, -0.2) is 4.79 Å². The van der Waals surface area contributed by atoms with E-state index in [1.54, 1.807) is 18.2 Å². The highest BCUT2D eigenvalue weighted by atomic mass is 32.3. The lowest BCUT2D eigenvalue weighted by molar-refractivity contribution is -0.131. The molecular formula is C15H18N4O8S. The molecule has 0 radical (unpaired) electrons. The van der Waals surface area contributed by atoms with Crippen LogP contribution in [0.15, 0.2) is 24.3 Å². The minimum atomic E-state index is -4.87. The van der Waals surface area contributed by atoms with E-state index >= 15 is 0 Å². The van der Waals surface area contributed by atoms with Crippen LogP contribution in [0.1, 0.15) is 18.4 Å². The Labute approximate surface area is 159 Å². The number of phenolic OH excluding ortho intramolecular Hbond substituents is 1. The van der Waals surface area contributed by atoms with Crippen molar-refractivity contribution in [3.05, 3.63) is 29.8 Å². The summed E-state index contributed by atoms with van der Waals surface area (Å²) in [6.07, 6.45) is 0.308. The van der Waals surface area contributed by atoms with Crippen LogP contribution in [-0.2, 0) is 30.7 Å². The third kappa shape index (κ3) is 4.32. The maximum absolute atomic E-state index is 12.4. The molecule has 4 amide bonds. The summed E-state index contributed by atoms with van der Waals surface area (Å²) >= 11 is 0. The number of phenols is 1. The molecule has 3 rings (SSSR count). The Morgan fingerprint density at radius 3 is 2.61 bits per heavy atom. The van der Waals surface area contributed by atoms with Gasteiger partial charge in [0.25, 0.3) is 5.91 Å². The van der Waals surface area contributed by atoms with Crippen molar-refractivity contribution in [3.63, 3.8) is 0 Å². The largest absolute Gasteiger partial charge is 0.508 e. The highest BCUT2D eigenvalue weighted by molar-refractivity contribution is 7.80. The minimum absolute atomic E-state index is 0.0400. The molecule has 0 unspecified atom stereocenters. The zero-order valence-electron chi connectivity index (χ0n) is 14.4. The number of carbonyl (C=O) groups excluding carboxylic acids is 3. The number of carbonyl (C=O) groups is 3. The van der Waals surface area contributed by atoms with Crippen LogP contribution in [0.4, 0.5) is 4.79 Å². The van der Waals surface area contributed by atoms with Gasteiger partial charge in [-0.15, -0.1) is 4.28 Å². The summed E-state index contributed by atoms with van der Waals surface area (Å²) in [4.78, 5) is 37.6. The maximum Gasteiger partial charge on any atom is 0.418 e. The molecule has 2 bridgehead atoms. The van der Waals surface area contributed by atoms with Crippen molar-refractivity contribution in [2.24, 2.45) is 0 Å². The molecule has 2 saturated heterocycles. The number of piperidine rings is 1. The molecule has 4 N–H and O–H groups in total. The van der Waals surface area contributed by atoms with Gasteiger partial charge in [-0.05, 0) is 18.9 Å². The molecule has 152 valence electrons. The van der Waals surface area contributed by atoms with Crippen LogP contribution in [0.25, 0.3) is 0 Å². The average Bonchev–Trinajstić information content (AvgIpc) is 2.85. The summed E-state index contributed by atoms with van der Waals surface area (Å²) in [5.74, 6) is -1.29. The second-order valence-corrected chi connectivity index (χ2v) is 7.36. The Morgan fingerprint density at radius 2 is 1.93 bits per heavy atom. The van der Waals surface area contributed by atoms with Crippen molar-refractivity contribution in [1.29, 1.82) is 0 Å². The number of hydrogen-bond donors (Lipinski definition) is 4. The highest BCUT2D eigenvalue weighted by Crippen LogP contribution is 2.30. The van der Waals surface area contributed by atoms with Crippen LogP contribution in [0.3, 0.4) is 0 Å². The van der Waals surface area contributed by atoms with Gasteiger partial charge in [0.05, 0.1) is 12.5 Å². The van der Waals surface area contributed by atoms with E-state index in [9.17, 15) is 27.9 Å². The molecule has 13 heteroatoms. The van der Waals surface area contributed by atoms with E-state index in [0.717, 1.165) is 4.90 Å². The number of aromatic hydroxyl groups is 1. The number of hydrogen-bond acceptors (Lipinski definition) is 7. The van der Waals surface area contributed by atoms with Crippen LogP contribution in [0.2, 0.25) is 0 Å². The molecule has 12 nitrogen and oxygen atoms in total. The monoisotopic (exact) mass is 414 g/mol. The van der Waals surface area contributed by atoms with Gasteiger partial charge in [0.2, 0.25) is 5.91 Å². The zero-order valence-corrected chi connectivity index (χ0v) is 15.3. The van der Waals surface area contributed by atoms with Gasteiger partial charge >= 0.3 is 16.4 Å². The predicted octanol–water partition coefficient (Wildman–Crippen LogP) is -0.915. The van der Waals surface area contributed by atoms with E-state index in [4.69, 9.17) is 4.55 Å². The molecule has 28 heavy (non-hydrogen) atoms. The average molecular weight is 414 g/mol. The summed E-state index contributed by atoms with van der Waals surface area (Å²) < 4.78 is 34.8. The number of hydroxylamine groups is 2. The van der Waals surface area contributed by atoms with Gasteiger partial charge in [0, 0.05) is 12.1 Å². The number of amides is 4. The lowest BCUT2D eigenvalue weighted by atomic mass is 10.0. The highest BCUT2D eigenvalue weighted by Gasteiger charge is 2.49. The second kappa shape index (κ2) is 7.61. The maximum atomic E-state index is 12.4. The molecule has 2 aliphatic rings. The van der Waals surface area contributed by atoms with Crippen molar-refractivity contribution in [3.8, 4) is 5.75 Å². The molecular weight excluding hydrogens is 396 g/mol. The first kappa shape index (κ1) is 19.9. The van der Waals surface area contributed by atoms with Crippen molar-refractivity contribution in [2.45, 2.75) is 31.3 Å². The summed E-state index contributed by atoms with van der Waals surface area (Å²) in [5, 5.41) is 10.2. The summed E-state index contributed by atoms with van der Waals surface area (Å²) in [5.41, 5.74) is 4.80. The summed E-state index contributed by atoms with van der Waals surface area (Å²) in [6.45, 7) is 0.0400. The summed E-state index contributed by atoms with van der Waals surface area (Å²) in [6, 6.07) is 3.82. The Morgan fingerprint density at radius 1 is 1.21 bits per heavy atom. The molecule has 0 spiro atoms. The van der Waals surface area contributed by atoms with Crippen LogP contribution in [0, 0.1) is 0 Å². The first-order chi connectivity index (χ1) is 13.2. The van der Waals surface area contributed by atoms with Gasteiger partial charge < -0.3 is 10.0 Å². The molecule has 0 aliphatic carbocycles. The molecule has 2 atom stereocenters. The number of fused-ring (bicyclic) bond motifs is 2. The summed E-state index contributed by atoms with van der Waals surface area (Å²) in [7, 11) is -4.87. The fourth-order valence-electron chi connectivity index (χ4n) is 3.20. The smallest absolute Gasteiger partial charge is 0.418 e. The quantitative estimate of drug-likeness (QED) is 0.355. The van der Waals surface area contributed by atoms with Crippen molar-refractivity contribution < 1.29 is 36.7 Å². The van der Waals surface area contributed by atoms with E-state index in [1.807, 2.05) is 0 Å². The van der Waals surface area contributed by atoms with E-state index in [1.165, 1.54) is 6.07 Å². The first-order valence-corrected chi connectivity index (χ1v) is 9.64. The topological polar surface area (TPSA) is 166 Å². The molecule has 2 aliphatic heterocycles. The Hall–Kier alpha value is -2.90. The Bertz CT molecular complexity index is 905. The fraction of sp³-hybridized carbons (Fsp3) is 0.400. The van der Waals surface area contributed by atoms with Crippen LogP contribution >= 0.6 is 0 Å². The minimum Gasteiger partial charge on any atom is -0.508 e. The van der Waals surface area contributed by atoms with E-state index in [2.05, 4.69) is 15.1 Å². The predicted molar refractivity (Wildman–Crippen MR) is 91.5 cm³/mol. The van der Waals surface area contributed by atoms with E-state index in [0.29, 0.717) is 10.6 Å². The van der Waals surface area contributed by atoms with Crippen molar-refractivity contribution >= 4 is 28.2 Å². The molecule has 1 aromatic rings. The number of benzene rings is 1. The molecule has 0 aromatic heterocycles. The molecule has 2 fully saturated rings. The Balaban J connectivity index is 1.56. The number of nitrogens with one attached hydrogen (secondary N) is 2. The Kier molecular flexibility index (Phi) is 5.40. The van der Waals surface area contributed by atoms with E-state index in [-0.39, 0.29) is 31.6 Å². The fourth-order valence-corrected chi connectivity index (χ4v) is 3.58. The van der Waals surface area contributed by atoms with Gasteiger partial charge in [-0.3, -0.25) is 25.0 Å². The SMILES string of the molecule is O=C(Cc1ccccc1O)NNC(=O)[C@@H]1CC[C@@H]2CN1C(=O)N2OS(=O)(=O)O. The van der Waals surface area contributed by atoms with Crippen LogP contribution < -0.4 is 10.9 Å². The number of para-hydroxylation sites is 1. The van der Waals surface area contributed by atoms with Crippen molar-refractivity contribution in [2.75, 3.05) is 6.54 Å². The van der Waals surface area contributed by atoms with Crippen molar-refractivity contribution in [1.82, 2.24) is 20.8 Å². The number of rotatable bonds is 5. The number of urea groups is 1. The molecule has 1 aromatic carbocycles. The van der Waals surface area contributed by atoms with E-state index < -0.39 is 40.3 Å². The van der Waals surface area contributed by atoms with Gasteiger partial charge in [0.1, 0.15) is 11.8 Å². The third-order valence-corrected chi connectivity index (χ3v) is 4.82. The standard InChI is InChI=1S/C15H18N4O8S/c20-12-4-2-1-3-9(12)7-13(21)16-17-14(22)11-6-5-10-8-18(11)15(23)19(10)27-28(24,25)26/h1-4,10-11,20H,5-8H2,(H,16,21)(H,17,22)(H,24,25,26)/t10-,11+/m1/s1. The van der Waals surface area contributed by atoms with Gasteiger partial charge in [-0.1, -0.05) is 18.2 Å². The second-order valence-electron chi connectivity index (χ2n) is 6.35. The van der Waals surface area contributed by atoms with Gasteiger partial charge in [0.15, 0.2) is 0 Å². The molecule has 0 saturated carbocycles. The number of hydrazine groups is 1. The van der Waals surface area contributed by atoms with Crippen LogP contribution in [-0.4, -0.2) is 64.5 Å². The lowest BCUT2D eigenvalue weighted by Crippen LogP contribution is -2.54. The zero-order chi connectivity index (χ0) is 20.5.